The molecule has 5 heteroatoms. The van der Waals surface area contributed by atoms with Crippen LogP contribution in [0.25, 0.3) is 0 Å². The molecule has 3 rings (SSSR count). The smallest absolute Gasteiger partial charge is 0.306 e. The van der Waals surface area contributed by atoms with Gasteiger partial charge in [0.1, 0.15) is 0 Å². The zero-order valence-corrected chi connectivity index (χ0v) is 22.1. The Labute approximate surface area is 211 Å². The van der Waals surface area contributed by atoms with Crippen LogP contribution in [-0.4, -0.2) is 42.5 Å². The molecule has 2 aromatic carbocycles. The highest BCUT2D eigenvalue weighted by atomic mass is 16.5. The van der Waals surface area contributed by atoms with E-state index in [2.05, 4.69) is 56.4 Å². The Bertz CT molecular complexity index is 946. The van der Waals surface area contributed by atoms with Crippen molar-refractivity contribution in [3.8, 4) is 0 Å². The van der Waals surface area contributed by atoms with Crippen molar-refractivity contribution in [2.24, 2.45) is 5.92 Å². The molecule has 0 fully saturated rings. The van der Waals surface area contributed by atoms with E-state index < -0.39 is 6.10 Å². The summed E-state index contributed by atoms with van der Waals surface area (Å²) in [5.74, 6) is 0.457. The first-order valence-electron chi connectivity index (χ1n) is 13.0. The largest absolute Gasteiger partial charge is 0.466 e. The Morgan fingerprint density at radius 1 is 1.14 bits per heavy atom. The quantitative estimate of drug-likeness (QED) is 0.390. The molecule has 0 bridgehead atoms. The summed E-state index contributed by atoms with van der Waals surface area (Å²) in [4.78, 5) is 11.8. The SMILES string of the molecule is CCOC(=O)CCc1c(C)cccc1C(C)OCC(O)CNC(C)(C)CC1Cc2ccccc2C1. The van der Waals surface area contributed by atoms with Gasteiger partial charge in [-0.05, 0) is 94.0 Å². The molecule has 2 unspecified atom stereocenters. The number of fused-ring (bicyclic) bond motifs is 1. The number of rotatable bonds is 13. The van der Waals surface area contributed by atoms with Crippen LogP contribution < -0.4 is 5.32 Å². The number of nitrogens with one attached hydrogen (secondary N) is 1. The summed E-state index contributed by atoms with van der Waals surface area (Å²) in [5.41, 5.74) is 6.23. The van der Waals surface area contributed by atoms with Gasteiger partial charge >= 0.3 is 5.97 Å². The lowest BCUT2D eigenvalue weighted by Crippen LogP contribution is -2.45. The van der Waals surface area contributed by atoms with E-state index >= 15 is 0 Å². The summed E-state index contributed by atoms with van der Waals surface area (Å²) < 4.78 is 11.2. The van der Waals surface area contributed by atoms with Crippen molar-refractivity contribution in [2.75, 3.05) is 19.8 Å². The van der Waals surface area contributed by atoms with Gasteiger partial charge in [0.2, 0.25) is 0 Å². The van der Waals surface area contributed by atoms with Crippen LogP contribution in [0.4, 0.5) is 0 Å². The highest BCUT2D eigenvalue weighted by molar-refractivity contribution is 5.69. The van der Waals surface area contributed by atoms with Crippen molar-refractivity contribution < 1.29 is 19.4 Å². The molecule has 0 amide bonds. The molecule has 0 aromatic heterocycles. The van der Waals surface area contributed by atoms with E-state index in [0.717, 1.165) is 36.0 Å². The summed E-state index contributed by atoms with van der Waals surface area (Å²) in [6, 6.07) is 14.9. The van der Waals surface area contributed by atoms with E-state index in [4.69, 9.17) is 9.47 Å². The predicted octanol–water partition coefficient (Wildman–Crippen LogP) is 5.10. The van der Waals surface area contributed by atoms with E-state index in [1.807, 2.05) is 26.0 Å². The summed E-state index contributed by atoms with van der Waals surface area (Å²) in [5, 5.41) is 14.2. The van der Waals surface area contributed by atoms with E-state index in [1.54, 1.807) is 0 Å². The Morgan fingerprint density at radius 3 is 2.49 bits per heavy atom. The van der Waals surface area contributed by atoms with Gasteiger partial charge in [-0.15, -0.1) is 0 Å². The van der Waals surface area contributed by atoms with Crippen LogP contribution in [0.2, 0.25) is 0 Å². The lowest BCUT2D eigenvalue weighted by Gasteiger charge is -2.31. The molecule has 0 radical (unpaired) electrons. The second kappa shape index (κ2) is 12.7. The van der Waals surface area contributed by atoms with Crippen LogP contribution in [0.3, 0.4) is 0 Å². The molecule has 0 spiro atoms. The Kier molecular flexibility index (Phi) is 9.90. The second-order valence-electron chi connectivity index (χ2n) is 10.6. The third kappa shape index (κ3) is 8.16. The van der Waals surface area contributed by atoms with Crippen LogP contribution in [0.5, 0.6) is 0 Å². The first-order valence-corrected chi connectivity index (χ1v) is 13.0. The molecule has 2 aromatic rings. The number of carbonyl (C=O) groups excluding carboxylic acids is 1. The monoisotopic (exact) mass is 481 g/mol. The molecule has 5 nitrogen and oxygen atoms in total. The molecule has 0 heterocycles. The van der Waals surface area contributed by atoms with Crippen molar-refractivity contribution in [1.82, 2.24) is 5.32 Å². The maximum absolute atomic E-state index is 11.8. The van der Waals surface area contributed by atoms with Crippen molar-refractivity contribution >= 4 is 5.97 Å². The van der Waals surface area contributed by atoms with Gasteiger partial charge in [-0.2, -0.15) is 0 Å². The second-order valence-corrected chi connectivity index (χ2v) is 10.6. The van der Waals surface area contributed by atoms with Crippen molar-refractivity contribution in [3.05, 3.63) is 70.3 Å². The maximum Gasteiger partial charge on any atom is 0.306 e. The molecular formula is C30H43NO4. The van der Waals surface area contributed by atoms with Crippen molar-refractivity contribution in [3.63, 3.8) is 0 Å². The van der Waals surface area contributed by atoms with Crippen molar-refractivity contribution in [1.29, 1.82) is 0 Å². The van der Waals surface area contributed by atoms with Gasteiger partial charge in [0.25, 0.3) is 0 Å². The fourth-order valence-corrected chi connectivity index (χ4v) is 5.29. The third-order valence-corrected chi connectivity index (χ3v) is 7.06. The number of ether oxygens (including phenoxy) is 2. The number of carbonyl (C=O) groups is 1. The normalized spacial score (nSPS) is 15.6. The van der Waals surface area contributed by atoms with E-state index in [9.17, 15) is 9.90 Å². The molecule has 2 atom stereocenters. The van der Waals surface area contributed by atoms with Gasteiger partial charge in [0.05, 0.1) is 25.4 Å². The van der Waals surface area contributed by atoms with Crippen LogP contribution in [0, 0.1) is 12.8 Å². The minimum absolute atomic E-state index is 0.0594. The lowest BCUT2D eigenvalue weighted by molar-refractivity contribution is -0.143. The van der Waals surface area contributed by atoms with Crippen LogP contribution in [-0.2, 0) is 33.5 Å². The van der Waals surface area contributed by atoms with Crippen LogP contribution in [0.15, 0.2) is 42.5 Å². The minimum Gasteiger partial charge on any atom is -0.466 e. The summed E-state index contributed by atoms with van der Waals surface area (Å²) in [6.07, 6.45) is 3.55. The number of benzene rings is 2. The van der Waals surface area contributed by atoms with Crippen molar-refractivity contribution in [2.45, 2.75) is 84.5 Å². The molecule has 1 aliphatic rings. The highest BCUT2D eigenvalue weighted by Crippen LogP contribution is 2.32. The topological polar surface area (TPSA) is 67.8 Å². The number of β-amino-alcohol motifs (C(OH)–C–C–N with tert-alkyl or cyclic N) is 1. The molecule has 1 aliphatic carbocycles. The van der Waals surface area contributed by atoms with E-state index in [1.165, 1.54) is 11.1 Å². The summed E-state index contributed by atoms with van der Waals surface area (Å²) in [6.45, 7) is 11.5. The molecule has 2 N–H and O–H groups in total. The average Bonchev–Trinajstić information content (AvgIpc) is 3.22. The molecule has 35 heavy (non-hydrogen) atoms. The number of hydrogen-bond donors (Lipinski definition) is 2. The Morgan fingerprint density at radius 2 is 1.83 bits per heavy atom. The van der Waals surface area contributed by atoms with Gasteiger partial charge in [-0.3, -0.25) is 4.79 Å². The number of aliphatic hydroxyl groups excluding tert-OH is 1. The number of aliphatic hydroxyl groups is 1. The third-order valence-electron chi connectivity index (χ3n) is 7.06. The zero-order valence-electron chi connectivity index (χ0n) is 22.1. The number of esters is 1. The maximum atomic E-state index is 11.8. The molecular weight excluding hydrogens is 438 g/mol. The van der Waals surface area contributed by atoms with Gasteiger partial charge in [0.15, 0.2) is 0 Å². The van der Waals surface area contributed by atoms with Gasteiger partial charge in [-0.1, -0.05) is 42.5 Å². The molecule has 0 saturated heterocycles. The Balaban J connectivity index is 1.46. The average molecular weight is 482 g/mol. The molecule has 192 valence electrons. The fourth-order valence-electron chi connectivity index (χ4n) is 5.29. The minimum atomic E-state index is -0.592. The van der Waals surface area contributed by atoms with Gasteiger partial charge in [0, 0.05) is 18.5 Å². The van der Waals surface area contributed by atoms with Crippen LogP contribution in [0.1, 0.15) is 74.5 Å². The number of hydrogen-bond acceptors (Lipinski definition) is 5. The van der Waals surface area contributed by atoms with E-state index in [-0.39, 0.29) is 24.2 Å². The molecule has 0 saturated carbocycles. The fraction of sp³-hybridized carbons (Fsp3) is 0.567. The van der Waals surface area contributed by atoms with Gasteiger partial charge < -0.3 is 19.9 Å². The highest BCUT2D eigenvalue weighted by Gasteiger charge is 2.28. The first-order chi connectivity index (χ1) is 16.7. The Hall–Kier alpha value is -2.21. The first kappa shape index (κ1) is 27.4. The van der Waals surface area contributed by atoms with E-state index in [0.29, 0.717) is 31.9 Å². The summed E-state index contributed by atoms with van der Waals surface area (Å²) in [7, 11) is 0. The summed E-state index contributed by atoms with van der Waals surface area (Å²) >= 11 is 0. The standard InChI is InChI=1S/C30H43NO4/c1-6-34-29(33)15-14-27-21(2)10-9-13-28(27)22(3)35-20-26(32)19-31-30(4,5)18-23-16-24-11-7-8-12-25(24)17-23/h7-13,22-23,26,31-32H,6,14-20H2,1-5H3. The molecule has 0 aliphatic heterocycles. The predicted molar refractivity (Wildman–Crippen MR) is 141 cm³/mol. The van der Waals surface area contributed by atoms with Crippen LogP contribution >= 0.6 is 0 Å². The lowest BCUT2D eigenvalue weighted by atomic mass is 9.88. The van der Waals surface area contributed by atoms with Gasteiger partial charge in [-0.25, -0.2) is 0 Å². The number of aryl methyl sites for hydroxylation is 1. The zero-order chi connectivity index (χ0) is 25.4.